The van der Waals surface area contributed by atoms with Gasteiger partial charge in [0.15, 0.2) is 17.2 Å². The van der Waals surface area contributed by atoms with Crippen LogP contribution in [0.3, 0.4) is 0 Å². The van der Waals surface area contributed by atoms with E-state index in [1.54, 1.807) is 13.3 Å². The van der Waals surface area contributed by atoms with Crippen molar-refractivity contribution >= 4 is 28.4 Å². The summed E-state index contributed by atoms with van der Waals surface area (Å²) in [5.41, 5.74) is 3.08. The molecule has 0 aliphatic carbocycles. The fraction of sp³-hybridized carbons (Fsp3) is 0.321. The normalized spacial score (nSPS) is 15.3. The lowest BCUT2D eigenvalue weighted by Crippen LogP contribution is -2.36. The molecule has 0 radical (unpaired) electrons. The number of nitrogens with zero attached hydrogens (tertiary/aromatic N) is 4. The third-order valence-corrected chi connectivity index (χ3v) is 6.82. The molecule has 2 aliphatic rings. The third-order valence-electron chi connectivity index (χ3n) is 6.82. The van der Waals surface area contributed by atoms with E-state index in [0.29, 0.717) is 48.4 Å². The molecule has 0 atom stereocenters. The molecule has 0 spiro atoms. The number of aromatic nitrogens is 2. The van der Waals surface area contributed by atoms with Gasteiger partial charge < -0.3 is 28.5 Å². The first-order valence-electron chi connectivity index (χ1n) is 12.5. The molecule has 0 saturated carbocycles. The Morgan fingerprint density at radius 2 is 1.86 bits per heavy atom. The first-order chi connectivity index (χ1) is 18.2. The van der Waals surface area contributed by atoms with Gasteiger partial charge in [-0.25, -0.2) is 4.98 Å². The SMILES string of the molecule is COc1ccc(COc2noc3cc(N4CCOc5cc(C(=O)N6CCCCC6)cnc54)ccc23)cc1. The van der Waals surface area contributed by atoms with Crippen LogP contribution in [0.15, 0.2) is 59.3 Å². The van der Waals surface area contributed by atoms with Gasteiger partial charge in [0, 0.05) is 31.0 Å². The highest BCUT2D eigenvalue weighted by Gasteiger charge is 2.26. The molecular weight excluding hydrogens is 472 g/mol. The van der Waals surface area contributed by atoms with Crippen LogP contribution in [0.1, 0.15) is 35.2 Å². The lowest BCUT2D eigenvalue weighted by Gasteiger charge is -2.31. The number of anilines is 2. The standard InChI is InChI=1S/C28H28N4O5/c1-34-22-8-5-19(6-9-22)18-36-27-23-10-7-21(16-24(23)37-30-27)32-13-14-35-25-15-20(17-29-26(25)32)28(33)31-11-3-2-4-12-31/h5-10,15-17H,2-4,11-14,18H2,1H3. The highest BCUT2D eigenvalue weighted by molar-refractivity contribution is 5.95. The second-order valence-electron chi connectivity index (χ2n) is 9.20. The number of fused-ring (bicyclic) bond motifs is 2. The number of likely N-dealkylation sites (tertiary alicyclic amines) is 1. The van der Waals surface area contributed by atoms with E-state index < -0.39 is 0 Å². The van der Waals surface area contributed by atoms with E-state index in [1.807, 2.05) is 53.4 Å². The van der Waals surface area contributed by atoms with E-state index in [4.69, 9.17) is 18.7 Å². The number of methoxy groups -OCH3 is 1. The molecule has 4 heterocycles. The van der Waals surface area contributed by atoms with E-state index >= 15 is 0 Å². The molecule has 1 saturated heterocycles. The number of hydrogen-bond donors (Lipinski definition) is 0. The van der Waals surface area contributed by atoms with Crippen LogP contribution in [0, 0.1) is 0 Å². The Balaban J connectivity index is 1.20. The molecular formula is C28H28N4O5. The largest absolute Gasteiger partial charge is 0.497 e. The van der Waals surface area contributed by atoms with E-state index in [0.717, 1.165) is 48.3 Å². The summed E-state index contributed by atoms with van der Waals surface area (Å²) in [6, 6.07) is 15.4. The molecule has 190 valence electrons. The second-order valence-corrected chi connectivity index (χ2v) is 9.20. The summed E-state index contributed by atoms with van der Waals surface area (Å²) in [7, 11) is 1.64. The minimum Gasteiger partial charge on any atom is -0.497 e. The van der Waals surface area contributed by atoms with Crippen molar-refractivity contribution in [1.82, 2.24) is 15.0 Å². The average Bonchev–Trinajstić information content (AvgIpc) is 3.38. The monoisotopic (exact) mass is 500 g/mol. The summed E-state index contributed by atoms with van der Waals surface area (Å²) in [5.74, 6) is 2.54. The van der Waals surface area contributed by atoms with Gasteiger partial charge >= 0.3 is 0 Å². The minimum absolute atomic E-state index is 0.0148. The van der Waals surface area contributed by atoms with Gasteiger partial charge in [0.25, 0.3) is 11.8 Å². The number of hydrogen-bond acceptors (Lipinski definition) is 8. The molecule has 0 N–H and O–H groups in total. The van der Waals surface area contributed by atoms with E-state index in [-0.39, 0.29) is 5.91 Å². The van der Waals surface area contributed by atoms with Crippen molar-refractivity contribution < 1.29 is 23.5 Å². The van der Waals surface area contributed by atoms with Crippen LogP contribution in [0.2, 0.25) is 0 Å². The number of benzene rings is 2. The summed E-state index contributed by atoms with van der Waals surface area (Å²) < 4.78 is 22.6. The number of ether oxygens (including phenoxy) is 3. The van der Waals surface area contributed by atoms with Gasteiger partial charge in [-0.1, -0.05) is 12.1 Å². The Labute approximate surface area is 214 Å². The van der Waals surface area contributed by atoms with Gasteiger partial charge in [-0.2, -0.15) is 0 Å². The number of pyridine rings is 1. The van der Waals surface area contributed by atoms with Gasteiger partial charge in [-0.15, -0.1) is 0 Å². The number of piperidine rings is 1. The van der Waals surface area contributed by atoms with Crippen LogP contribution >= 0.6 is 0 Å². The lowest BCUT2D eigenvalue weighted by atomic mass is 10.1. The Hall–Kier alpha value is -4.27. The highest BCUT2D eigenvalue weighted by atomic mass is 16.5. The van der Waals surface area contributed by atoms with Crippen molar-refractivity contribution in [2.75, 3.05) is 38.3 Å². The maximum atomic E-state index is 12.9. The molecule has 1 fully saturated rings. The zero-order valence-electron chi connectivity index (χ0n) is 20.7. The molecule has 9 heteroatoms. The van der Waals surface area contributed by atoms with Crippen LogP contribution in [0.25, 0.3) is 11.0 Å². The molecule has 1 amide bonds. The van der Waals surface area contributed by atoms with Crippen molar-refractivity contribution in [2.45, 2.75) is 25.9 Å². The summed E-state index contributed by atoms with van der Waals surface area (Å²) in [6.45, 7) is 3.07. The number of amides is 1. The first kappa shape index (κ1) is 23.1. The third kappa shape index (κ3) is 4.64. The zero-order chi connectivity index (χ0) is 25.2. The molecule has 37 heavy (non-hydrogen) atoms. The number of carbonyl (C=O) groups excluding carboxylic acids is 1. The summed E-state index contributed by atoms with van der Waals surface area (Å²) in [4.78, 5) is 21.5. The zero-order valence-corrected chi connectivity index (χ0v) is 20.7. The van der Waals surface area contributed by atoms with E-state index in [2.05, 4.69) is 15.0 Å². The Bertz CT molecular complexity index is 1410. The van der Waals surface area contributed by atoms with Crippen LogP contribution in [0.5, 0.6) is 17.4 Å². The first-order valence-corrected chi connectivity index (χ1v) is 12.5. The summed E-state index contributed by atoms with van der Waals surface area (Å²) in [5, 5.41) is 4.92. The van der Waals surface area contributed by atoms with Crippen LogP contribution in [-0.4, -0.2) is 54.3 Å². The summed E-state index contributed by atoms with van der Waals surface area (Å²) in [6.07, 6.45) is 4.92. The van der Waals surface area contributed by atoms with Gasteiger partial charge in [-0.05, 0) is 60.3 Å². The van der Waals surface area contributed by atoms with Gasteiger partial charge in [0.05, 0.1) is 24.6 Å². The quantitative estimate of drug-likeness (QED) is 0.367. The van der Waals surface area contributed by atoms with Gasteiger partial charge in [0.2, 0.25) is 0 Å². The fourth-order valence-corrected chi connectivity index (χ4v) is 4.80. The fourth-order valence-electron chi connectivity index (χ4n) is 4.80. The summed E-state index contributed by atoms with van der Waals surface area (Å²) >= 11 is 0. The van der Waals surface area contributed by atoms with Crippen LogP contribution < -0.4 is 19.1 Å². The van der Waals surface area contributed by atoms with Crippen LogP contribution in [-0.2, 0) is 6.61 Å². The van der Waals surface area contributed by atoms with Crippen molar-refractivity contribution in [1.29, 1.82) is 0 Å². The Morgan fingerprint density at radius 3 is 2.68 bits per heavy atom. The van der Waals surface area contributed by atoms with Crippen molar-refractivity contribution in [3.63, 3.8) is 0 Å². The molecule has 2 aromatic carbocycles. The Morgan fingerprint density at radius 1 is 1.03 bits per heavy atom. The highest BCUT2D eigenvalue weighted by Crippen LogP contribution is 2.38. The molecule has 2 aliphatic heterocycles. The number of rotatable bonds is 6. The van der Waals surface area contributed by atoms with Crippen molar-refractivity contribution in [3.05, 3.63) is 65.9 Å². The predicted molar refractivity (Wildman–Crippen MR) is 138 cm³/mol. The second kappa shape index (κ2) is 10.0. The topological polar surface area (TPSA) is 90.2 Å². The van der Waals surface area contributed by atoms with Crippen LogP contribution in [0.4, 0.5) is 11.5 Å². The maximum Gasteiger partial charge on any atom is 0.262 e. The van der Waals surface area contributed by atoms with Gasteiger partial charge in [0.1, 0.15) is 19.0 Å². The van der Waals surface area contributed by atoms with Gasteiger partial charge in [-0.3, -0.25) is 4.79 Å². The lowest BCUT2D eigenvalue weighted by molar-refractivity contribution is 0.0723. The number of carbonyl (C=O) groups is 1. The minimum atomic E-state index is 0.0148. The molecule has 0 unspecified atom stereocenters. The molecule has 2 aromatic heterocycles. The smallest absolute Gasteiger partial charge is 0.262 e. The van der Waals surface area contributed by atoms with Crippen molar-refractivity contribution in [3.8, 4) is 17.4 Å². The van der Waals surface area contributed by atoms with Crippen molar-refractivity contribution in [2.24, 2.45) is 0 Å². The molecule has 9 nitrogen and oxygen atoms in total. The molecule has 0 bridgehead atoms. The molecule has 6 rings (SSSR count). The Kier molecular flexibility index (Phi) is 6.26. The maximum absolute atomic E-state index is 12.9. The predicted octanol–water partition coefficient (Wildman–Crippen LogP) is 4.97. The average molecular weight is 501 g/mol. The van der Waals surface area contributed by atoms with E-state index in [9.17, 15) is 4.79 Å². The molecule has 4 aromatic rings. The van der Waals surface area contributed by atoms with E-state index in [1.165, 1.54) is 6.42 Å².